The molecule has 0 radical (unpaired) electrons. The van der Waals surface area contributed by atoms with E-state index in [2.05, 4.69) is 4.98 Å². The lowest BCUT2D eigenvalue weighted by Gasteiger charge is -2.23. The van der Waals surface area contributed by atoms with Gasteiger partial charge in [-0.2, -0.15) is 12.7 Å². The van der Waals surface area contributed by atoms with Crippen molar-refractivity contribution in [1.29, 1.82) is 0 Å². The number of ether oxygens (including phenoxy) is 1. The molecule has 0 spiro atoms. The van der Waals surface area contributed by atoms with Gasteiger partial charge in [-0.25, -0.2) is 4.98 Å². The molecule has 3 rings (SSSR count). The number of carbonyl (C=O) groups is 1. The minimum absolute atomic E-state index is 0.152. The van der Waals surface area contributed by atoms with Gasteiger partial charge in [0.25, 0.3) is 0 Å². The highest BCUT2D eigenvalue weighted by atomic mass is 32.2. The van der Waals surface area contributed by atoms with E-state index in [1.165, 1.54) is 14.1 Å². The number of hydrogen-bond acceptors (Lipinski definition) is 7. The van der Waals surface area contributed by atoms with Crippen molar-refractivity contribution in [3.63, 3.8) is 0 Å². The first-order valence-electron chi connectivity index (χ1n) is 9.86. The first kappa shape index (κ1) is 23.5. The number of carbonyl (C=O) groups excluding carboxylic acids is 1. The quantitative estimate of drug-likeness (QED) is 0.429. The van der Waals surface area contributed by atoms with Crippen LogP contribution in [0.1, 0.15) is 18.2 Å². The minimum Gasteiger partial charge on any atom is -0.493 e. The smallest absolute Gasteiger partial charge is 0.323 e. The average molecular weight is 460 g/mol. The molecule has 1 heterocycles. The molecule has 2 aromatic carbocycles. The maximum Gasteiger partial charge on any atom is 0.323 e. The Hall–Kier alpha value is -3.21. The van der Waals surface area contributed by atoms with Crippen LogP contribution < -0.4 is 4.74 Å². The Kier molecular flexibility index (Phi) is 7.62. The zero-order chi connectivity index (χ0) is 23.1. The molecule has 0 aliphatic rings. The van der Waals surface area contributed by atoms with Crippen molar-refractivity contribution in [3.8, 4) is 17.2 Å². The van der Waals surface area contributed by atoms with Crippen molar-refractivity contribution >= 4 is 16.2 Å². The largest absolute Gasteiger partial charge is 0.493 e. The highest BCUT2D eigenvalue weighted by Crippen LogP contribution is 2.20. The van der Waals surface area contributed by atoms with Gasteiger partial charge in [0.2, 0.25) is 5.89 Å². The first-order chi connectivity index (χ1) is 15.3. The summed E-state index contributed by atoms with van der Waals surface area (Å²) >= 11 is 0. The summed E-state index contributed by atoms with van der Waals surface area (Å²) in [4.78, 5) is 20.7. The fourth-order valence-electron chi connectivity index (χ4n) is 2.78. The van der Waals surface area contributed by atoms with E-state index >= 15 is 0 Å². The molecule has 9 nitrogen and oxygen atoms in total. The highest BCUT2D eigenvalue weighted by molar-refractivity contribution is 7.86. The number of oxazole rings is 1. The van der Waals surface area contributed by atoms with Crippen LogP contribution in [0.4, 0.5) is 0 Å². The molecule has 10 heteroatoms. The summed E-state index contributed by atoms with van der Waals surface area (Å²) in [5.74, 6) is 0.375. The second-order valence-corrected chi connectivity index (χ2v) is 9.12. The van der Waals surface area contributed by atoms with Gasteiger partial charge in [-0.05, 0) is 34.3 Å². The average Bonchev–Trinajstić information content (AvgIpc) is 3.23. The van der Waals surface area contributed by atoms with Gasteiger partial charge in [-0.1, -0.05) is 30.3 Å². The van der Waals surface area contributed by atoms with E-state index in [0.717, 1.165) is 22.5 Å². The lowest BCUT2D eigenvalue weighted by atomic mass is 10.2. The third-order valence-corrected chi connectivity index (χ3v) is 6.00. The Morgan fingerprint density at radius 2 is 1.84 bits per heavy atom. The van der Waals surface area contributed by atoms with E-state index in [0.29, 0.717) is 34.7 Å². The van der Waals surface area contributed by atoms with Gasteiger partial charge >= 0.3 is 16.2 Å². The zero-order valence-electron chi connectivity index (χ0n) is 18.1. The van der Waals surface area contributed by atoms with Gasteiger partial charge in [0.15, 0.2) is 0 Å². The number of hydrogen-bond donors (Lipinski definition) is 0. The Morgan fingerprint density at radius 1 is 1.09 bits per heavy atom. The van der Waals surface area contributed by atoms with Gasteiger partial charge in [0.1, 0.15) is 12.0 Å². The summed E-state index contributed by atoms with van der Waals surface area (Å²) in [6, 6.07) is 16.5. The van der Waals surface area contributed by atoms with Crippen LogP contribution in [-0.4, -0.2) is 48.8 Å². The molecule has 0 unspecified atom stereocenters. The predicted molar refractivity (Wildman–Crippen MR) is 117 cm³/mol. The van der Waals surface area contributed by atoms with Crippen molar-refractivity contribution in [2.45, 2.75) is 19.9 Å². The summed E-state index contributed by atoms with van der Waals surface area (Å²) in [5.41, 5.74) is 2.26. The minimum atomic E-state index is -3.95. The summed E-state index contributed by atoms with van der Waals surface area (Å²) in [6.07, 6.45) is 2.14. The van der Waals surface area contributed by atoms with Crippen LogP contribution in [0.3, 0.4) is 0 Å². The van der Waals surface area contributed by atoms with E-state index in [-0.39, 0.29) is 6.54 Å². The normalized spacial score (nSPS) is 11.7. The Bertz CT molecular complexity index is 1150. The first-order valence-corrected chi connectivity index (χ1v) is 11.3. The van der Waals surface area contributed by atoms with Crippen LogP contribution in [-0.2, 0) is 32.8 Å². The lowest BCUT2D eigenvalue weighted by Crippen LogP contribution is -2.40. The van der Waals surface area contributed by atoms with Crippen molar-refractivity contribution in [3.05, 3.63) is 72.1 Å². The third-order valence-electron chi connectivity index (χ3n) is 4.36. The molecule has 0 atom stereocenters. The van der Waals surface area contributed by atoms with E-state index in [4.69, 9.17) is 14.0 Å². The second-order valence-electron chi connectivity index (χ2n) is 7.09. The topological polar surface area (TPSA) is 102 Å². The third kappa shape index (κ3) is 6.16. The van der Waals surface area contributed by atoms with Gasteiger partial charge in [0.05, 0.1) is 18.8 Å². The van der Waals surface area contributed by atoms with Crippen molar-refractivity contribution in [2.75, 3.05) is 20.7 Å². The molecule has 0 aliphatic heterocycles. The second kappa shape index (κ2) is 10.4. The molecule has 0 saturated heterocycles. The fourth-order valence-corrected chi connectivity index (χ4v) is 3.65. The molecule has 0 bridgehead atoms. The fraction of sp³-hybridized carbons (Fsp3) is 0.273. The van der Waals surface area contributed by atoms with Crippen molar-refractivity contribution in [1.82, 2.24) is 13.8 Å². The van der Waals surface area contributed by atoms with E-state index in [1.54, 1.807) is 30.5 Å². The maximum absolute atomic E-state index is 12.4. The van der Waals surface area contributed by atoms with Crippen molar-refractivity contribution in [2.24, 2.45) is 0 Å². The molecule has 0 N–H and O–H groups in total. The molecule has 0 saturated carbocycles. The molecule has 3 aromatic rings. The van der Waals surface area contributed by atoms with Crippen LogP contribution in [0.2, 0.25) is 0 Å². The van der Waals surface area contributed by atoms with Crippen LogP contribution >= 0.6 is 0 Å². The SMILES string of the molecule is CC(=O)ON(Cc1cccc(OCCc2coc(-c3ccccc3)n2)c1)S(=O)(=O)N(C)C. The summed E-state index contributed by atoms with van der Waals surface area (Å²) in [6.45, 7) is 1.35. The Balaban J connectivity index is 1.61. The Labute approximate surface area is 187 Å². The van der Waals surface area contributed by atoms with Crippen LogP contribution in [0.5, 0.6) is 5.75 Å². The maximum atomic E-state index is 12.4. The molecule has 0 amide bonds. The molecule has 32 heavy (non-hydrogen) atoms. The summed E-state index contributed by atoms with van der Waals surface area (Å²) < 4.78 is 37.8. The standard InChI is InChI=1S/C22H25N3O6S/c1-17(26)31-25(32(27,28)24(2)3)15-18-8-7-11-21(14-18)29-13-12-20-16-30-22(23-20)19-9-5-4-6-10-19/h4-11,14,16H,12-13,15H2,1-3H3. The number of hydroxylamine groups is 1. The molecular weight excluding hydrogens is 434 g/mol. The monoisotopic (exact) mass is 459 g/mol. The van der Waals surface area contributed by atoms with E-state index in [9.17, 15) is 13.2 Å². The number of rotatable bonds is 10. The highest BCUT2D eigenvalue weighted by Gasteiger charge is 2.28. The van der Waals surface area contributed by atoms with Gasteiger partial charge in [-0.15, -0.1) is 0 Å². The van der Waals surface area contributed by atoms with Crippen molar-refractivity contribution < 1.29 is 27.2 Å². The number of aromatic nitrogens is 1. The van der Waals surface area contributed by atoms with Crippen LogP contribution in [0, 0.1) is 0 Å². The molecule has 1 aromatic heterocycles. The Morgan fingerprint density at radius 3 is 2.53 bits per heavy atom. The summed E-state index contributed by atoms with van der Waals surface area (Å²) in [5, 5.41) is 0. The summed E-state index contributed by atoms with van der Waals surface area (Å²) in [7, 11) is -1.24. The molecule has 0 fully saturated rings. The van der Waals surface area contributed by atoms with Gasteiger partial charge < -0.3 is 14.0 Å². The number of benzene rings is 2. The van der Waals surface area contributed by atoms with E-state index in [1.807, 2.05) is 30.3 Å². The zero-order valence-corrected chi connectivity index (χ0v) is 18.9. The van der Waals surface area contributed by atoms with Gasteiger partial charge in [-0.3, -0.25) is 4.79 Å². The van der Waals surface area contributed by atoms with Crippen LogP contribution in [0.25, 0.3) is 11.5 Å². The lowest BCUT2D eigenvalue weighted by molar-refractivity contribution is -0.168. The van der Waals surface area contributed by atoms with E-state index < -0.39 is 16.2 Å². The molecule has 0 aliphatic carbocycles. The predicted octanol–water partition coefficient (Wildman–Crippen LogP) is 3.05. The van der Waals surface area contributed by atoms with Crippen LogP contribution in [0.15, 0.2) is 65.3 Å². The molecular formula is C22H25N3O6S. The van der Waals surface area contributed by atoms with Gasteiger partial charge in [0, 0.05) is 33.0 Å². The number of nitrogens with zero attached hydrogens (tertiary/aromatic N) is 3. The molecule has 170 valence electrons.